The predicted molar refractivity (Wildman–Crippen MR) is 109 cm³/mol. The van der Waals surface area contributed by atoms with Crippen molar-refractivity contribution in [2.45, 2.75) is 35.9 Å². The Morgan fingerprint density at radius 1 is 1.28 bits per heavy atom. The molecule has 0 bridgehead atoms. The van der Waals surface area contributed by atoms with Crippen LogP contribution in [0, 0.1) is 0 Å². The van der Waals surface area contributed by atoms with Crippen LogP contribution in [0.25, 0.3) is 0 Å². The highest BCUT2D eigenvalue weighted by molar-refractivity contribution is 7.98. The van der Waals surface area contributed by atoms with Crippen molar-refractivity contribution >= 4 is 56.4 Å². The number of allylic oxidation sites excluding steroid dienone is 2. The molecule has 1 aromatic carbocycles. The van der Waals surface area contributed by atoms with Gasteiger partial charge in [0.15, 0.2) is 21.4 Å². The number of carbonyl (C=O) groups excluding carboxylic acids is 2. The summed E-state index contributed by atoms with van der Waals surface area (Å²) in [6.07, 6.45) is 4.05. The normalized spacial score (nSPS) is 15.1. The second kappa shape index (κ2) is 8.55. The van der Waals surface area contributed by atoms with Crippen LogP contribution >= 0.6 is 35.0 Å². The van der Waals surface area contributed by atoms with E-state index in [0.29, 0.717) is 18.0 Å². The number of sulfone groups is 1. The fourth-order valence-corrected chi connectivity index (χ4v) is 4.90. The van der Waals surface area contributed by atoms with E-state index in [0.717, 1.165) is 6.26 Å². The standard InChI is InChI=1S/C17H16Cl2N4O4S2/c1-28-17-20-22-23(21-17)8-10-13(29(2,26)27)7-6-9(15(10)19)16(25)14-11(18)4-3-5-12(14)24/h6-7H,3-5,8H2,1-2H3. The molecule has 1 heterocycles. The number of rotatable bonds is 6. The Labute approximate surface area is 181 Å². The number of hydrogen-bond acceptors (Lipinski definition) is 8. The van der Waals surface area contributed by atoms with Gasteiger partial charge in [0.05, 0.1) is 22.0 Å². The van der Waals surface area contributed by atoms with Gasteiger partial charge in [0, 0.05) is 28.8 Å². The second-order valence-electron chi connectivity index (χ2n) is 6.37. The van der Waals surface area contributed by atoms with Crippen molar-refractivity contribution in [1.29, 1.82) is 0 Å². The van der Waals surface area contributed by atoms with Crippen LogP contribution < -0.4 is 0 Å². The number of hydrogen-bond donors (Lipinski definition) is 0. The van der Waals surface area contributed by atoms with E-state index in [9.17, 15) is 18.0 Å². The van der Waals surface area contributed by atoms with Gasteiger partial charge in [0.2, 0.25) is 5.16 Å². The molecule has 0 unspecified atom stereocenters. The zero-order valence-electron chi connectivity index (χ0n) is 15.5. The van der Waals surface area contributed by atoms with E-state index in [1.54, 1.807) is 6.26 Å². The lowest BCUT2D eigenvalue weighted by molar-refractivity contribution is -0.115. The van der Waals surface area contributed by atoms with Crippen LogP contribution in [0.15, 0.2) is 32.8 Å². The van der Waals surface area contributed by atoms with Crippen molar-refractivity contribution in [2.75, 3.05) is 12.5 Å². The first-order chi connectivity index (χ1) is 13.6. The summed E-state index contributed by atoms with van der Waals surface area (Å²) in [7, 11) is -3.66. The summed E-state index contributed by atoms with van der Waals surface area (Å²) in [6, 6.07) is 2.59. The molecule has 1 aromatic heterocycles. The maximum absolute atomic E-state index is 13.0. The van der Waals surface area contributed by atoms with Gasteiger partial charge in [-0.3, -0.25) is 9.59 Å². The summed E-state index contributed by atoms with van der Waals surface area (Å²) < 4.78 is 24.5. The first-order valence-electron chi connectivity index (χ1n) is 8.43. The Morgan fingerprint density at radius 2 is 2.00 bits per heavy atom. The fraction of sp³-hybridized carbons (Fsp3) is 0.353. The molecule has 0 fully saturated rings. The highest BCUT2D eigenvalue weighted by atomic mass is 35.5. The number of carbonyl (C=O) groups is 2. The van der Waals surface area contributed by atoms with E-state index in [-0.39, 0.29) is 50.4 Å². The molecule has 1 aliphatic carbocycles. The maximum atomic E-state index is 13.0. The van der Waals surface area contributed by atoms with Crippen LogP contribution in [0.3, 0.4) is 0 Å². The van der Waals surface area contributed by atoms with Crippen molar-refractivity contribution in [3.8, 4) is 0 Å². The molecule has 1 aliphatic rings. The van der Waals surface area contributed by atoms with Gasteiger partial charge in [0.25, 0.3) is 0 Å². The van der Waals surface area contributed by atoms with Crippen LogP contribution in [-0.4, -0.2) is 52.7 Å². The molecule has 0 N–H and O–H groups in total. The van der Waals surface area contributed by atoms with E-state index >= 15 is 0 Å². The summed E-state index contributed by atoms with van der Waals surface area (Å²) in [5.74, 6) is -0.971. The summed E-state index contributed by atoms with van der Waals surface area (Å²) in [5.41, 5.74) is 0.0501. The number of aromatic nitrogens is 4. The van der Waals surface area contributed by atoms with Crippen molar-refractivity contribution in [3.63, 3.8) is 0 Å². The highest BCUT2D eigenvalue weighted by Gasteiger charge is 2.30. The lowest BCUT2D eigenvalue weighted by Crippen LogP contribution is -2.19. The molecule has 2 aromatic rings. The Kier molecular flexibility index (Phi) is 6.47. The van der Waals surface area contributed by atoms with E-state index in [2.05, 4.69) is 15.4 Å². The van der Waals surface area contributed by atoms with Gasteiger partial charge in [-0.1, -0.05) is 35.0 Å². The molecule has 0 saturated heterocycles. The van der Waals surface area contributed by atoms with E-state index < -0.39 is 15.6 Å². The number of nitrogens with zero attached hydrogens (tertiary/aromatic N) is 4. The van der Waals surface area contributed by atoms with Crippen molar-refractivity contribution in [1.82, 2.24) is 20.2 Å². The van der Waals surface area contributed by atoms with E-state index in [1.165, 1.54) is 28.7 Å². The molecule has 0 radical (unpaired) electrons. The number of ketones is 2. The first kappa shape index (κ1) is 21.9. The summed E-state index contributed by atoms with van der Waals surface area (Å²) in [5, 5.41) is 12.3. The number of tetrazole rings is 1. The van der Waals surface area contributed by atoms with Gasteiger partial charge >= 0.3 is 0 Å². The number of thioether (sulfide) groups is 1. The van der Waals surface area contributed by atoms with Crippen LogP contribution in [0.1, 0.15) is 35.2 Å². The van der Waals surface area contributed by atoms with Gasteiger partial charge in [-0.25, -0.2) is 8.42 Å². The van der Waals surface area contributed by atoms with Gasteiger partial charge in [-0.2, -0.15) is 4.80 Å². The smallest absolute Gasteiger partial charge is 0.230 e. The van der Waals surface area contributed by atoms with Gasteiger partial charge in [-0.15, -0.1) is 10.2 Å². The molecular formula is C17H16Cl2N4O4S2. The molecule has 29 heavy (non-hydrogen) atoms. The molecule has 154 valence electrons. The molecule has 3 rings (SSSR count). The van der Waals surface area contributed by atoms with Crippen LogP contribution in [-0.2, 0) is 21.2 Å². The van der Waals surface area contributed by atoms with Crippen molar-refractivity contribution in [2.24, 2.45) is 0 Å². The molecule has 0 aliphatic heterocycles. The van der Waals surface area contributed by atoms with Crippen molar-refractivity contribution in [3.05, 3.63) is 38.9 Å². The van der Waals surface area contributed by atoms with Crippen LogP contribution in [0.2, 0.25) is 5.02 Å². The first-order valence-corrected chi connectivity index (χ1v) is 12.3. The Morgan fingerprint density at radius 3 is 2.59 bits per heavy atom. The third kappa shape index (κ3) is 4.55. The van der Waals surface area contributed by atoms with E-state index in [1.807, 2.05) is 0 Å². The molecule has 12 heteroatoms. The van der Waals surface area contributed by atoms with Crippen LogP contribution in [0.4, 0.5) is 0 Å². The minimum absolute atomic E-state index is 0.00247. The molecule has 0 spiro atoms. The third-order valence-electron chi connectivity index (χ3n) is 4.34. The third-order valence-corrected chi connectivity index (χ3v) is 6.86. The minimum Gasteiger partial charge on any atom is -0.294 e. The molecule has 0 amide bonds. The Balaban J connectivity index is 2.13. The van der Waals surface area contributed by atoms with Gasteiger partial charge in [0.1, 0.15) is 0 Å². The average Bonchev–Trinajstić information content (AvgIpc) is 3.09. The molecule has 8 nitrogen and oxygen atoms in total. The quantitative estimate of drug-likeness (QED) is 0.356. The largest absolute Gasteiger partial charge is 0.294 e. The second-order valence-corrected chi connectivity index (χ2v) is 9.96. The Bertz CT molecular complexity index is 1140. The average molecular weight is 475 g/mol. The zero-order chi connectivity index (χ0) is 21.3. The monoisotopic (exact) mass is 474 g/mol. The van der Waals surface area contributed by atoms with Crippen molar-refractivity contribution < 1.29 is 18.0 Å². The minimum atomic E-state index is -3.66. The molecule has 0 atom stereocenters. The summed E-state index contributed by atoms with van der Waals surface area (Å²) in [4.78, 5) is 26.4. The maximum Gasteiger partial charge on any atom is 0.230 e. The van der Waals surface area contributed by atoms with Crippen LogP contribution in [0.5, 0.6) is 0 Å². The lowest BCUT2D eigenvalue weighted by Gasteiger charge is -2.17. The lowest BCUT2D eigenvalue weighted by atomic mass is 9.91. The fourth-order valence-electron chi connectivity index (χ4n) is 2.98. The summed E-state index contributed by atoms with van der Waals surface area (Å²) in [6.45, 7) is -0.114. The topological polar surface area (TPSA) is 112 Å². The van der Waals surface area contributed by atoms with Gasteiger partial charge < -0.3 is 0 Å². The Hall–Kier alpha value is -1.75. The molecule has 0 saturated carbocycles. The summed E-state index contributed by atoms with van der Waals surface area (Å²) >= 11 is 13.9. The number of Topliss-reactive ketones (excluding diaryl/α,β-unsaturated/α-hetero) is 2. The SMILES string of the molecule is CSc1nnn(Cc2c(S(C)(=O)=O)ccc(C(=O)C3=C(Cl)CCCC3=O)c2Cl)n1. The zero-order valence-corrected chi connectivity index (χ0v) is 18.6. The molecular weight excluding hydrogens is 459 g/mol. The predicted octanol–water partition coefficient (Wildman–Crippen LogP) is 2.93. The van der Waals surface area contributed by atoms with E-state index in [4.69, 9.17) is 23.2 Å². The van der Waals surface area contributed by atoms with Gasteiger partial charge in [-0.05, 0) is 36.4 Å². The number of halogens is 2. The number of benzene rings is 1. The highest BCUT2D eigenvalue weighted by Crippen LogP contribution is 2.33.